The number of amides is 1. The van der Waals surface area contributed by atoms with Gasteiger partial charge < -0.3 is 20.5 Å². The van der Waals surface area contributed by atoms with Crippen molar-refractivity contribution in [2.24, 2.45) is 5.73 Å². The summed E-state index contributed by atoms with van der Waals surface area (Å²) in [5.74, 6) is -0.344. The number of nitrogens with zero attached hydrogens (tertiary/aromatic N) is 4. The molecule has 1 aromatic heterocycles. The first kappa shape index (κ1) is 23.9. The number of hydrogen-bond acceptors (Lipinski definition) is 7. The largest absolute Gasteiger partial charge is 0.489 e. The zero-order valence-corrected chi connectivity index (χ0v) is 19.7. The van der Waals surface area contributed by atoms with Gasteiger partial charge in [0.05, 0.1) is 29.8 Å². The van der Waals surface area contributed by atoms with Crippen LogP contribution in [0.25, 0.3) is 5.57 Å². The number of carbonyl (C=O) groups excluding carboxylic acids is 1. The molecule has 3 aliphatic heterocycles. The van der Waals surface area contributed by atoms with Crippen molar-refractivity contribution in [3.05, 3.63) is 58.5 Å². The number of ether oxygens (including phenoxy) is 1. The van der Waals surface area contributed by atoms with Crippen molar-refractivity contribution in [1.29, 1.82) is 0 Å². The fourth-order valence-corrected chi connectivity index (χ4v) is 5.49. The summed E-state index contributed by atoms with van der Waals surface area (Å²) in [6.45, 7) is 0.158. The molecule has 186 valence electrons. The summed E-state index contributed by atoms with van der Waals surface area (Å²) in [6, 6.07) is 3.60. The Balaban J connectivity index is 1.32. The van der Waals surface area contributed by atoms with E-state index in [0.717, 1.165) is 0 Å². The average molecular weight is 506 g/mol. The van der Waals surface area contributed by atoms with E-state index in [4.69, 9.17) is 22.1 Å². The van der Waals surface area contributed by atoms with E-state index in [1.807, 2.05) is 4.90 Å². The lowest BCUT2D eigenvalue weighted by Gasteiger charge is -2.38. The zero-order chi connectivity index (χ0) is 24.7. The van der Waals surface area contributed by atoms with E-state index >= 15 is 0 Å². The van der Waals surface area contributed by atoms with Crippen molar-refractivity contribution in [3.63, 3.8) is 0 Å². The smallest absolute Gasteiger partial charge is 0.258 e. The maximum atomic E-state index is 14.2. The van der Waals surface area contributed by atoms with Crippen LogP contribution in [-0.2, 0) is 0 Å². The summed E-state index contributed by atoms with van der Waals surface area (Å²) in [5.41, 5.74) is 7.50. The number of carbonyl (C=O) groups is 1. The summed E-state index contributed by atoms with van der Waals surface area (Å²) in [6.07, 6.45) is 3.62. The van der Waals surface area contributed by atoms with Gasteiger partial charge in [0.1, 0.15) is 24.3 Å². The molecule has 3 N–H and O–H groups in total. The van der Waals surface area contributed by atoms with Crippen LogP contribution in [0.1, 0.15) is 35.4 Å². The van der Waals surface area contributed by atoms with E-state index < -0.39 is 18.6 Å². The van der Waals surface area contributed by atoms with E-state index in [9.17, 15) is 18.7 Å². The SMILES string of the molecule is NC1=C(c2ncc(Cl)cn2)CN(C(=O)c2ccc(F)cc2OC2CC3CC(O)C(C2)N3CCF)C1. The van der Waals surface area contributed by atoms with Gasteiger partial charge in [-0.25, -0.2) is 18.7 Å². The Kier molecular flexibility index (Phi) is 6.61. The summed E-state index contributed by atoms with van der Waals surface area (Å²) < 4.78 is 33.3. The first-order chi connectivity index (χ1) is 16.8. The van der Waals surface area contributed by atoms with Crippen molar-refractivity contribution in [2.75, 3.05) is 26.3 Å². The number of fused-ring (bicyclic) bond motifs is 2. The van der Waals surface area contributed by atoms with Crippen LogP contribution in [0.5, 0.6) is 5.75 Å². The topological polar surface area (TPSA) is 105 Å². The highest BCUT2D eigenvalue weighted by Gasteiger charge is 2.46. The van der Waals surface area contributed by atoms with E-state index in [2.05, 4.69) is 9.97 Å². The number of halogens is 3. The number of nitrogens with two attached hydrogens (primary N) is 1. The number of benzene rings is 1. The Morgan fingerprint density at radius 1 is 1.23 bits per heavy atom. The third-order valence-electron chi connectivity index (χ3n) is 6.98. The number of aliphatic hydroxyl groups is 1. The summed E-state index contributed by atoms with van der Waals surface area (Å²) in [4.78, 5) is 25.3. The van der Waals surface area contributed by atoms with E-state index in [-0.39, 0.29) is 55.0 Å². The molecular formula is C24H26ClF2N5O3. The monoisotopic (exact) mass is 505 g/mol. The Bertz CT molecular complexity index is 1150. The molecule has 2 fully saturated rings. The maximum absolute atomic E-state index is 14.2. The van der Waals surface area contributed by atoms with Crippen LogP contribution in [0.15, 0.2) is 36.3 Å². The lowest BCUT2D eigenvalue weighted by atomic mass is 9.99. The highest BCUT2D eigenvalue weighted by atomic mass is 35.5. The van der Waals surface area contributed by atoms with Gasteiger partial charge in [0, 0.05) is 54.8 Å². The number of aromatic nitrogens is 2. The molecular weight excluding hydrogens is 480 g/mol. The third kappa shape index (κ3) is 4.70. The van der Waals surface area contributed by atoms with Crippen molar-refractivity contribution >= 4 is 23.1 Å². The van der Waals surface area contributed by atoms with Gasteiger partial charge in [-0.05, 0) is 25.0 Å². The van der Waals surface area contributed by atoms with Gasteiger partial charge in [-0.3, -0.25) is 9.69 Å². The highest BCUT2D eigenvalue weighted by Crippen LogP contribution is 2.38. The molecule has 4 heterocycles. The van der Waals surface area contributed by atoms with Gasteiger partial charge in [-0.1, -0.05) is 11.6 Å². The lowest BCUT2D eigenvalue weighted by Crippen LogP contribution is -2.49. The minimum Gasteiger partial charge on any atom is -0.489 e. The molecule has 0 saturated carbocycles. The van der Waals surface area contributed by atoms with Gasteiger partial charge >= 0.3 is 0 Å². The molecule has 2 bridgehead atoms. The number of rotatable bonds is 6. The first-order valence-corrected chi connectivity index (χ1v) is 11.9. The quantitative estimate of drug-likeness (QED) is 0.621. The molecule has 0 radical (unpaired) electrons. The first-order valence-electron chi connectivity index (χ1n) is 11.5. The second-order valence-electron chi connectivity index (χ2n) is 9.19. The molecule has 1 amide bonds. The molecule has 5 rings (SSSR count). The average Bonchev–Trinajstić information content (AvgIpc) is 3.29. The minimum atomic E-state index is -0.555. The molecule has 0 aliphatic carbocycles. The second-order valence-corrected chi connectivity index (χ2v) is 9.63. The van der Waals surface area contributed by atoms with Crippen molar-refractivity contribution in [1.82, 2.24) is 19.8 Å². The molecule has 11 heteroatoms. The van der Waals surface area contributed by atoms with Crippen LogP contribution in [0, 0.1) is 5.82 Å². The van der Waals surface area contributed by atoms with Gasteiger partial charge in [0.15, 0.2) is 5.82 Å². The number of hydrogen-bond donors (Lipinski definition) is 2. The normalized spacial score (nSPS) is 26.5. The van der Waals surface area contributed by atoms with Crippen molar-refractivity contribution in [3.8, 4) is 5.75 Å². The number of piperidine rings is 1. The van der Waals surface area contributed by atoms with Crippen LogP contribution in [0.4, 0.5) is 8.78 Å². The Hall–Kier alpha value is -2.82. The molecule has 4 atom stereocenters. The van der Waals surface area contributed by atoms with Gasteiger partial charge in [-0.2, -0.15) is 0 Å². The Morgan fingerprint density at radius 3 is 2.71 bits per heavy atom. The second kappa shape index (κ2) is 9.67. The fraction of sp³-hybridized carbons (Fsp3) is 0.458. The standard InChI is InChI=1S/C24H26ClF2N5O3/c25-13-9-29-23(30-10-13)18-11-31(12-19(18)28)24(34)17-2-1-14(27)5-22(17)35-16-6-15-7-21(33)20(8-16)32(15)4-3-26/h1-2,5,9-10,15-16,20-21,33H,3-4,6-8,11-12,28H2. The number of alkyl halides is 1. The summed E-state index contributed by atoms with van der Waals surface area (Å²) in [7, 11) is 0. The molecule has 1 aromatic carbocycles. The lowest BCUT2D eigenvalue weighted by molar-refractivity contribution is 0.0219. The van der Waals surface area contributed by atoms with Gasteiger partial charge in [0.2, 0.25) is 0 Å². The minimum absolute atomic E-state index is 0.0123. The van der Waals surface area contributed by atoms with Crippen LogP contribution in [0.2, 0.25) is 5.02 Å². The van der Waals surface area contributed by atoms with Crippen LogP contribution in [0.3, 0.4) is 0 Å². The maximum Gasteiger partial charge on any atom is 0.258 e. The molecule has 35 heavy (non-hydrogen) atoms. The third-order valence-corrected chi connectivity index (χ3v) is 7.17. The molecule has 2 saturated heterocycles. The Morgan fingerprint density at radius 2 is 2.00 bits per heavy atom. The molecule has 8 nitrogen and oxygen atoms in total. The predicted molar refractivity (Wildman–Crippen MR) is 125 cm³/mol. The van der Waals surface area contributed by atoms with Crippen molar-refractivity contribution < 1.29 is 23.4 Å². The molecule has 4 unspecified atom stereocenters. The summed E-state index contributed by atoms with van der Waals surface area (Å²) in [5, 5.41) is 10.8. The van der Waals surface area contributed by atoms with Gasteiger partial charge in [-0.15, -0.1) is 0 Å². The highest BCUT2D eigenvalue weighted by molar-refractivity contribution is 6.30. The molecule has 0 spiro atoms. The van der Waals surface area contributed by atoms with Crippen LogP contribution in [-0.4, -0.2) is 81.4 Å². The predicted octanol–water partition coefficient (Wildman–Crippen LogP) is 2.41. The zero-order valence-electron chi connectivity index (χ0n) is 18.9. The van der Waals surface area contributed by atoms with Gasteiger partial charge in [0.25, 0.3) is 5.91 Å². The Labute approximate surface area is 206 Å². The fourth-order valence-electron chi connectivity index (χ4n) is 5.39. The van der Waals surface area contributed by atoms with Crippen LogP contribution < -0.4 is 10.5 Å². The van der Waals surface area contributed by atoms with E-state index in [1.54, 1.807) is 0 Å². The number of aliphatic hydroxyl groups excluding tert-OH is 1. The van der Waals surface area contributed by atoms with E-state index in [0.29, 0.717) is 41.4 Å². The van der Waals surface area contributed by atoms with Crippen LogP contribution >= 0.6 is 11.6 Å². The summed E-state index contributed by atoms with van der Waals surface area (Å²) >= 11 is 5.86. The molecule has 2 aromatic rings. The van der Waals surface area contributed by atoms with E-state index in [1.165, 1.54) is 35.5 Å². The molecule has 3 aliphatic rings. The van der Waals surface area contributed by atoms with Crippen molar-refractivity contribution in [2.45, 2.75) is 43.6 Å².